The van der Waals surface area contributed by atoms with Gasteiger partial charge in [0, 0.05) is 26.2 Å². The normalized spacial score (nSPS) is 22.2. The summed E-state index contributed by atoms with van der Waals surface area (Å²) in [6.07, 6.45) is 1.96. The lowest BCUT2D eigenvalue weighted by Crippen LogP contribution is -2.42. The molecule has 2 aromatic carbocycles. The third-order valence-electron chi connectivity index (χ3n) is 5.86. The van der Waals surface area contributed by atoms with E-state index < -0.39 is 0 Å². The molecule has 2 amide bonds. The maximum Gasteiger partial charge on any atom is 0.251 e. The second kappa shape index (κ2) is 8.78. The first-order valence-electron chi connectivity index (χ1n) is 10.4. The number of carbonyl (C=O) groups is 2. The number of carbonyl (C=O) groups excluding carboxylic acids is 2. The monoisotopic (exact) mass is 392 g/mol. The highest BCUT2D eigenvalue weighted by atomic mass is 16.5. The minimum absolute atomic E-state index is 0.0198. The lowest BCUT2D eigenvalue weighted by Gasteiger charge is -2.26. The number of hydrogen-bond donors (Lipinski definition) is 1. The molecule has 2 aliphatic rings. The van der Waals surface area contributed by atoms with Crippen molar-refractivity contribution < 1.29 is 14.3 Å². The van der Waals surface area contributed by atoms with Crippen molar-refractivity contribution in [2.24, 2.45) is 5.92 Å². The average Bonchev–Trinajstić information content (AvgIpc) is 3.21. The van der Waals surface area contributed by atoms with Crippen LogP contribution < -0.4 is 5.32 Å². The summed E-state index contributed by atoms with van der Waals surface area (Å²) >= 11 is 0. The van der Waals surface area contributed by atoms with E-state index in [0.29, 0.717) is 32.7 Å². The minimum atomic E-state index is -0.344. The third kappa shape index (κ3) is 4.51. The Morgan fingerprint density at radius 2 is 1.97 bits per heavy atom. The summed E-state index contributed by atoms with van der Waals surface area (Å²) in [7, 11) is 0. The van der Waals surface area contributed by atoms with E-state index >= 15 is 0 Å². The molecule has 29 heavy (non-hydrogen) atoms. The molecule has 5 heteroatoms. The zero-order valence-electron chi connectivity index (χ0n) is 16.9. The van der Waals surface area contributed by atoms with E-state index in [1.54, 1.807) is 0 Å². The Labute approximate surface area is 172 Å². The molecular formula is C24H28N2O3. The molecule has 0 saturated carbocycles. The smallest absolute Gasteiger partial charge is 0.251 e. The fourth-order valence-corrected chi connectivity index (χ4v) is 4.21. The molecule has 0 aliphatic carbocycles. The summed E-state index contributed by atoms with van der Waals surface area (Å²) in [5.74, 6) is -0.225. The minimum Gasteiger partial charge on any atom is -0.368 e. The summed E-state index contributed by atoms with van der Waals surface area (Å²) in [6, 6.07) is 16.7. The molecule has 4 rings (SSSR count). The van der Waals surface area contributed by atoms with E-state index in [2.05, 4.69) is 48.6 Å². The van der Waals surface area contributed by atoms with Crippen LogP contribution in [0.15, 0.2) is 48.5 Å². The SMILES string of the molecule is Cc1ccc(-c2ccccc2CC2CN(C(=O)C3CCCO3)CCNC2=O)cc1. The van der Waals surface area contributed by atoms with Crippen molar-refractivity contribution in [2.75, 3.05) is 26.2 Å². The van der Waals surface area contributed by atoms with Crippen LogP contribution in [0.4, 0.5) is 0 Å². The molecule has 2 aromatic rings. The summed E-state index contributed by atoms with van der Waals surface area (Å²) in [4.78, 5) is 27.4. The Morgan fingerprint density at radius 1 is 1.17 bits per heavy atom. The molecule has 2 unspecified atom stereocenters. The van der Waals surface area contributed by atoms with Crippen molar-refractivity contribution in [1.29, 1.82) is 0 Å². The summed E-state index contributed by atoms with van der Waals surface area (Å²) in [5.41, 5.74) is 4.63. The maximum atomic E-state index is 12.8. The van der Waals surface area contributed by atoms with Crippen molar-refractivity contribution >= 4 is 11.8 Å². The first-order chi connectivity index (χ1) is 14.1. The number of ether oxygens (including phenoxy) is 1. The maximum absolute atomic E-state index is 12.8. The van der Waals surface area contributed by atoms with Crippen molar-refractivity contribution in [2.45, 2.75) is 32.3 Å². The van der Waals surface area contributed by atoms with Gasteiger partial charge in [0.2, 0.25) is 5.91 Å². The van der Waals surface area contributed by atoms with Crippen LogP contribution in [0, 0.1) is 12.8 Å². The van der Waals surface area contributed by atoms with Crippen molar-refractivity contribution in [3.8, 4) is 11.1 Å². The summed E-state index contributed by atoms with van der Waals surface area (Å²) < 4.78 is 5.58. The van der Waals surface area contributed by atoms with Crippen LogP contribution in [-0.2, 0) is 20.7 Å². The van der Waals surface area contributed by atoms with Gasteiger partial charge in [-0.25, -0.2) is 0 Å². The average molecular weight is 392 g/mol. The second-order valence-electron chi connectivity index (χ2n) is 8.00. The number of nitrogens with zero attached hydrogens (tertiary/aromatic N) is 1. The Morgan fingerprint density at radius 3 is 2.72 bits per heavy atom. The Balaban J connectivity index is 1.55. The topological polar surface area (TPSA) is 58.6 Å². The fraction of sp³-hybridized carbons (Fsp3) is 0.417. The van der Waals surface area contributed by atoms with Gasteiger partial charge in [0.05, 0.1) is 5.92 Å². The number of aryl methyl sites for hydroxylation is 1. The van der Waals surface area contributed by atoms with Crippen LogP contribution in [-0.4, -0.2) is 49.1 Å². The molecule has 152 valence electrons. The highest BCUT2D eigenvalue weighted by Crippen LogP contribution is 2.27. The van der Waals surface area contributed by atoms with Crippen LogP contribution in [0.1, 0.15) is 24.0 Å². The van der Waals surface area contributed by atoms with Gasteiger partial charge < -0.3 is 15.0 Å². The van der Waals surface area contributed by atoms with E-state index in [4.69, 9.17) is 4.74 Å². The van der Waals surface area contributed by atoms with E-state index in [-0.39, 0.29) is 23.8 Å². The molecular weight excluding hydrogens is 364 g/mol. The van der Waals surface area contributed by atoms with E-state index in [9.17, 15) is 9.59 Å². The van der Waals surface area contributed by atoms with Crippen molar-refractivity contribution in [3.05, 3.63) is 59.7 Å². The predicted octanol–water partition coefficient (Wildman–Crippen LogP) is 2.96. The van der Waals surface area contributed by atoms with E-state index in [1.807, 2.05) is 17.0 Å². The Hall–Kier alpha value is -2.66. The molecule has 0 aromatic heterocycles. The van der Waals surface area contributed by atoms with Gasteiger partial charge in [0.25, 0.3) is 5.91 Å². The number of amides is 2. The highest BCUT2D eigenvalue weighted by molar-refractivity contribution is 5.84. The lowest BCUT2D eigenvalue weighted by molar-refractivity contribution is -0.141. The van der Waals surface area contributed by atoms with Gasteiger partial charge in [-0.2, -0.15) is 0 Å². The van der Waals surface area contributed by atoms with Gasteiger partial charge in [-0.15, -0.1) is 0 Å². The molecule has 0 spiro atoms. The molecule has 2 fully saturated rings. The van der Waals surface area contributed by atoms with Crippen LogP contribution in [0.5, 0.6) is 0 Å². The number of benzene rings is 2. The van der Waals surface area contributed by atoms with Crippen LogP contribution in [0.2, 0.25) is 0 Å². The van der Waals surface area contributed by atoms with Gasteiger partial charge in [0.1, 0.15) is 6.10 Å². The van der Waals surface area contributed by atoms with Crippen LogP contribution in [0.25, 0.3) is 11.1 Å². The second-order valence-corrected chi connectivity index (χ2v) is 8.00. The first kappa shape index (κ1) is 19.6. The Kier molecular flexibility index (Phi) is 5.95. The first-order valence-corrected chi connectivity index (χ1v) is 10.4. The summed E-state index contributed by atoms with van der Waals surface area (Å²) in [6.45, 7) is 4.20. The summed E-state index contributed by atoms with van der Waals surface area (Å²) in [5, 5.41) is 2.98. The molecule has 2 saturated heterocycles. The molecule has 2 heterocycles. The molecule has 0 bridgehead atoms. The van der Waals surface area contributed by atoms with Crippen LogP contribution >= 0.6 is 0 Å². The molecule has 2 aliphatic heterocycles. The number of hydrogen-bond acceptors (Lipinski definition) is 3. The van der Waals surface area contributed by atoms with Gasteiger partial charge in [-0.3, -0.25) is 9.59 Å². The zero-order chi connectivity index (χ0) is 20.2. The van der Waals surface area contributed by atoms with Gasteiger partial charge in [0.15, 0.2) is 0 Å². The Bertz CT molecular complexity index is 872. The molecule has 0 radical (unpaired) electrons. The third-order valence-corrected chi connectivity index (χ3v) is 5.86. The van der Waals surface area contributed by atoms with Gasteiger partial charge in [-0.1, -0.05) is 54.1 Å². The number of nitrogens with one attached hydrogen (secondary N) is 1. The largest absolute Gasteiger partial charge is 0.368 e. The number of rotatable bonds is 4. The zero-order valence-corrected chi connectivity index (χ0v) is 16.9. The van der Waals surface area contributed by atoms with Crippen molar-refractivity contribution in [3.63, 3.8) is 0 Å². The quantitative estimate of drug-likeness (QED) is 0.870. The highest BCUT2D eigenvalue weighted by Gasteiger charge is 2.33. The molecule has 1 N–H and O–H groups in total. The molecule has 5 nitrogen and oxygen atoms in total. The molecule has 2 atom stereocenters. The fourth-order valence-electron chi connectivity index (χ4n) is 4.21. The standard InChI is InChI=1S/C24H28N2O3/c1-17-8-10-18(11-9-17)21-6-3-2-5-19(21)15-20-16-26(13-12-25-23(20)27)24(28)22-7-4-14-29-22/h2-3,5-6,8-11,20,22H,4,7,12-16H2,1H3,(H,25,27). The van der Waals surface area contributed by atoms with Crippen LogP contribution in [0.3, 0.4) is 0 Å². The predicted molar refractivity (Wildman–Crippen MR) is 112 cm³/mol. The van der Waals surface area contributed by atoms with Gasteiger partial charge in [-0.05, 0) is 42.9 Å². The van der Waals surface area contributed by atoms with E-state index in [0.717, 1.165) is 29.5 Å². The van der Waals surface area contributed by atoms with Crippen molar-refractivity contribution in [1.82, 2.24) is 10.2 Å². The van der Waals surface area contributed by atoms with E-state index in [1.165, 1.54) is 5.56 Å². The lowest BCUT2D eigenvalue weighted by atomic mass is 9.91. The van der Waals surface area contributed by atoms with Gasteiger partial charge >= 0.3 is 0 Å².